The van der Waals surface area contributed by atoms with Crippen LogP contribution in [0.2, 0.25) is 0 Å². The molecule has 0 radical (unpaired) electrons. The maximum atomic E-state index is 8.75. The maximum Gasteiger partial charge on any atom is 0.144 e. The van der Waals surface area contributed by atoms with E-state index in [-0.39, 0.29) is 5.41 Å². The summed E-state index contributed by atoms with van der Waals surface area (Å²) in [6, 6.07) is 0. The summed E-state index contributed by atoms with van der Waals surface area (Å²) in [5, 5.41) is 11.9. The largest absolute Gasteiger partial charge is 0.409 e. The van der Waals surface area contributed by atoms with Crippen LogP contribution in [0.5, 0.6) is 0 Å². The molecule has 1 rings (SSSR count). The van der Waals surface area contributed by atoms with E-state index in [1.54, 1.807) is 0 Å². The lowest BCUT2D eigenvalue weighted by Gasteiger charge is -2.28. The lowest BCUT2D eigenvalue weighted by atomic mass is 9.86. The van der Waals surface area contributed by atoms with Crippen molar-refractivity contribution < 1.29 is 5.21 Å². The normalized spacial score (nSPS) is 19.1. The van der Waals surface area contributed by atoms with Crippen LogP contribution in [-0.2, 0) is 0 Å². The first-order valence-corrected chi connectivity index (χ1v) is 7.62. The summed E-state index contributed by atoms with van der Waals surface area (Å²) in [4.78, 5) is 2.44. The molecule has 0 amide bonds. The van der Waals surface area contributed by atoms with Gasteiger partial charge < -0.3 is 15.8 Å². The highest BCUT2D eigenvalue weighted by Crippen LogP contribution is 2.25. The Morgan fingerprint density at radius 1 is 1.32 bits per heavy atom. The van der Waals surface area contributed by atoms with Crippen molar-refractivity contribution in [1.82, 2.24) is 4.90 Å². The minimum Gasteiger partial charge on any atom is -0.409 e. The van der Waals surface area contributed by atoms with E-state index >= 15 is 0 Å². The monoisotopic (exact) mass is 269 g/mol. The second-order valence-corrected chi connectivity index (χ2v) is 6.74. The van der Waals surface area contributed by atoms with Gasteiger partial charge in [0.15, 0.2) is 0 Å². The van der Waals surface area contributed by atoms with Crippen LogP contribution in [0.1, 0.15) is 58.8 Å². The first-order valence-electron chi connectivity index (χ1n) is 7.62. The molecule has 1 fully saturated rings. The maximum absolute atomic E-state index is 8.75. The Morgan fingerprint density at radius 2 is 1.95 bits per heavy atom. The van der Waals surface area contributed by atoms with Gasteiger partial charge in [0.2, 0.25) is 0 Å². The lowest BCUT2D eigenvalue weighted by molar-refractivity contribution is 0.225. The molecule has 0 unspecified atom stereocenters. The van der Waals surface area contributed by atoms with Crippen molar-refractivity contribution >= 4 is 5.84 Å². The van der Waals surface area contributed by atoms with E-state index in [4.69, 9.17) is 10.9 Å². The Balaban J connectivity index is 2.21. The van der Waals surface area contributed by atoms with Crippen molar-refractivity contribution in [3.63, 3.8) is 0 Å². The standard InChI is InChI=1S/C15H31N3O/c1-15(2,14(16)17-19)10-7-11-18(3)12-13-8-5-4-6-9-13/h13,19H,4-12H2,1-3H3,(H2,16,17). The zero-order valence-electron chi connectivity index (χ0n) is 12.9. The molecule has 0 aromatic rings. The van der Waals surface area contributed by atoms with E-state index in [2.05, 4.69) is 17.1 Å². The fraction of sp³-hybridized carbons (Fsp3) is 0.933. The smallest absolute Gasteiger partial charge is 0.144 e. The highest BCUT2D eigenvalue weighted by Gasteiger charge is 2.23. The molecule has 1 aliphatic carbocycles. The zero-order chi connectivity index (χ0) is 14.3. The first kappa shape index (κ1) is 16.3. The van der Waals surface area contributed by atoms with Crippen LogP contribution in [0.3, 0.4) is 0 Å². The molecule has 0 atom stereocenters. The van der Waals surface area contributed by atoms with Crippen LogP contribution in [0, 0.1) is 11.3 Å². The molecule has 3 N–H and O–H groups in total. The number of hydrogen-bond acceptors (Lipinski definition) is 3. The quantitative estimate of drug-likeness (QED) is 0.323. The third-order valence-corrected chi connectivity index (χ3v) is 4.44. The zero-order valence-corrected chi connectivity index (χ0v) is 12.9. The molecule has 0 aliphatic heterocycles. The number of amidine groups is 1. The average Bonchev–Trinajstić information content (AvgIpc) is 2.38. The number of nitrogens with two attached hydrogens (primary N) is 1. The molecule has 19 heavy (non-hydrogen) atoms. The molecule has 0 spiro atoms. The van der Waals surface area contributed by atoms with Gasteiger partial charge in [-0.3, -0.25) is 0 Å². The summed E-state index contributed by atoms with van der Waals surface area (Å²) >= 11 is 0. The number of rotatable bonds is 7. The van der Waals surface area contributed by atoms with Crippen LogP contribution in [0.15, 0.2) is 5.16 Å². The van der Waals surface area contributed by atoms with Gasteiger partial charge in [-0.1, -0.05) is 38.3 Å². The van der Waals surface area contributed by atoms with Crippen LogP contribution >= 0.6 is 0 Å². The molecule has 4 heteroatoms. The Kier molecular flexibility index (Phi) is 6.63. The predicted octanol–water partition coefficient (Wildman–Crippen LogP) is 3.05. The molecule has 0 saturated heterocycles. The van der Waals surface area contributed by atoms with Crippen LogP contribution < -0.4 is 5.73 Å². The van der Waals surface area contributed by atoms with Gasteiger partial charge in [0.05, 0.1) is 0 Å². The van der Waals surface area contributed by atoms with Crippen LogP contribution in [-0.4, -0.2) is 36.1 Å². The van der Waals surface area contributed by atoms with Gasteiger partial charge in [-0.05, 0) is 45.2 Å². The molecule has 0 heterocycles. The first-order chi connectivity index (χ1) is 8.95. The summed E-state index contributed by atoms with van der Waals surface area (Å²) in [5.41, 5.74) is 5.50. The highest BCUT2D eigenvalue weighted by atomic mass is 16.4. The molecule has 1 saturated carbocycles. The third kappa shape index (κ3) is 5.81. The molecule has 0 aromatic heterocycles. The van der Waals surface area contributed by atoms with Gasteiger partial charge in [-0.2, -0.15) is 0 Å². The number of oxime groups is 1. The minimum atomic E-state index is -0.208. The fourth-order valence-electron chi connectivity index (χ4n) is 2.96. The number of hydrogen-bond donors (Lipinski definition) is 2. The van der Waals surface area contributed by atoms with Gasteiger partial charge in [0, 0.05) is 12.0 Å². The van der Waals surface area contributed by atoms with Crippen molar-refractivity contribution in [3.05, 3.63) is 0 Å². The van der Waals surface area contributed by atoms with Gasteiger partial charge in [-0.15, -0.1) is 0 Å². The summed E-state index contributed by atoms with van der Waals surface area (Å²) in [6.45, 7) is 6.38. The molecular weight excluding hydrogens is 238 g/mol. The van der Waals surface area contributed by atoms with Gasteiger partial charge in [-0.25, -0.2) is 0 Å². The predicted molar refractivity (Wildman–Crippen MR) is 80.5 cm³/mol. The average molecular weight is 269 g/mol. The van der Waals surface area contributed by atoms with Crippen molar-refractivity contribution in [2.24, 2.45) is 22.2 Å². The second kappa shape index (κ2) is 7.73. The van der Waals surface area contributed by atoms with Gasteiger partial charge in [0.1, 0.15) is 5.84 Å². The molecule has 0 bridgehead atoms. The summed E-state index contributed by atoms with van der Waals surface area (Å²) < 4.78 is 0. The second-order valence-electron chi connectivity index (χ2n) is 6.74. The Morgan fingerprint density at radius 3 is 2.53 bits per heavy atom. The SMILES string of the molecule is CN(CCCC(C)(C)C(N)=NO)CC1CCCCC1. The summed E-state index contributed by atoms with van der Waals surface area (Å²) in [6.07, 6.45) is 9.10. The highest BCUT2D eigenvalue weighted by molar-refractivity contribution is 5.85. The van der Waals surface area contributed by atoms with E-state index in [9.17, 15) is 0 Å². The van der Waals surface area contributed by atoms with Gasteiger partial charge in [0.25, 0.3) is 0 Å². The molecular formula is C15H31N3O. The summed E-state index contributed by atoms with van der Waals surface area (Å²) in [7, 11) is 2.21. The van der Waals surface area contributed by atoms with Crippen molar-refractivity contribution in [2.45, 2.75) is 58.8 Å². The van der Waals surface area contributed by atoms with E-state index in [1.807, 2.05) is 13.8 Å². The fourth-order valence-corrected chi connectivity index (χ4v) is 2.96. The summed E-state index contributed by atoms with van der Waals surface area (Å²) in [5.74, 6) is 1.23. The van der Waals surface area contributed by atoms with Crippen molar-refractivity contribution in [3.8, 4) is 0 Å². The Hall–Kier alpha value is -0.770. The van der Waals surface area contributed by atoms with Crippen LogP contribution in [0.25, 0.3) is 0 Å². The molecule has 112 valence electrons. The topological polar surface area (TPSA) is 61.8 Å². The van der Waals surface area contributed by atoms with E-state index in [0.717, 1.165) is 25.3 Å². The Labute approximate surface area is 118 Å². The van der Waals surface area contributed by atoms with Crippen molar-refractivity contribution in [1.29, 1.82) is 0 Å². The van der Waals surface area contributed by atoms with Gasteiger partial charge >= 0.3 is 0 Å². The Bertz CT molecular complexity index is 283. The number of nitrogens with zero attached hydrogens (tertiary/aromatic N) is 2. The molecule has 4 nitrogen and oxygen atoms in total. The molecule has 1 aliphatic rings. The van der Waals surface area contributed by atoms with E-state index in [0.29, 0.717) is 5.84 Å². The molecule has 0 aromatic carbocycles. The van der Waals surface area contributed by atoms with E-state index < -0.39 is 0 Å². The van der Waals surface area contributed by atoms with E-state index in [1.165, 1.54) is 38.6 Å². The van der Waals surface area contributed by atoms with Crippen LogP contribution in [0.4, 0.5) is 0 Å². The minimum absolute atomic E-state index is 0.208. The lowest BCUT2D eigenvalue weighted by Crippen LogP contribution is -2.33. The van der Waals surface area contributed by atoms with Crippen molar-refractivity contribution in [2.75, 3.05) is 20.1 Å². The third-order valence-electron chi connectivity index (χ3n) is 4.44.